The van der Waals surface area contributed by atoms with Gasteiger partial charge in [0.15, 0.2) is 0 Å². The Morgan fingerprint density at radius 3 is 2.26 bits per heavy atom. The molecular weight excluding hydrogens is 338 g/mol. The molecule has 1 heterocycles. The zero-order valence-corrected chi connectivity index (χ0v) is 16.0. The molecule has 1 aliphatic heterocycles. The van der Waals surface area contributed by atoms with Crippen LogP contribution in [0.5, 0.6) is 0 Å². The van der Waals surface area contributed by atoms with Gasteiger partial charge in [0.25, 0.3) is 0 Å². The first-order valence-electron chi connectivity index (χ1n) is 9.91. The number of carbonyl (C=O) groups excluding carboxylic acids is 1. The molecule has 0 bridgehead atoms. The molecule has 2 aromatic carbocycles. The zero-order chi connectivity index (χ0) is 19.1. The summed E-state index contributed by atoms with van der Waals surface area (Å²) in [6, 6.07) is 18.5. The summed E-state index contributed by atoms with van der Waals surface area (Å²) in [5.74, 6) is -0.611. The summed E-state index contributed by atoms with van der Waals surface area (Å²) in [6.07, 6.45) is 4.30. The van der Waals surface area contributed by atoms with Crippen LogP contribution in [0.2, 0.25) is 0 Å². The number of nitrogens with zero attached hydrogens (tertiary/aromatic N) is 1. The second-order valence-corrected chi connectivity index (χ2v) is 7.20. The van der Waals surface area contributed by atoms with Crippen molar-refractivity contribution in [2.45, 2.75) is 44.2 Å². The van der Waals surface area contributed by atoms with Gasteiger partial charge in [0, 0.05) is 6.04 Å². The van der Waals surface area contributed by atoms with Crippen molar-refractivity contribution in [2.75, 3.05) is 19.7 Å². The Morgan fingerprint density at radius 2 is 1.70 bits per heavy atom. The molecule has 0 saturated carbocycles. The molecule has 0 amide bonds. The van der Waals surface area contributed by atoms with Gasteiger partial charge in [-0.3, -0.25) is 0 Å². The summed E-state index contributed by atoms with van der Waals surface area (Å²) in [5.41, 5.74) is -0.745. The van der Waals surface area contributed by atoms with Crippen LogP contribution in [-0.4, -0.2) is 41.7 Å². The number of likely N-dealkylation sites (tertiary alicyclic amines) is 1. The van der Waals surface area contributed by atoms with Crippen LogP contribution in [0.1, 0.15) is 43.7 Å². The van der Waals surface area contributed by atoms with E-state index in [1.54, 1.807) is 24.3 Å². The van der Waals surface area contributed by atoms with Crippen molar-refractivity contribution >= 4 is 5.97 Å². The van der Waals surface area contributed by atoms with Gasteiger partial charge in [-0.25, -0.2) is 4.79 Å². The number of aliphatic hydroxyl groups is 1. The van der Waals surface area contributed by atoms with Gasteiger partial charge in [-0.1, -0.05) is 67.6 Å². The fourth-order valence-corrected chi connectivity index (χ4v) is 3.96. The molecule has 0 spiro atoms. The van der Waals surface area contributed by atoms with Crippen molar-refractivity contribution in [3.8, 4) is 0 Å². The van der Waals surface area contributed by atoms with Crippen LogP contribution in [0.15, 0.2) is 60.7 Å². The highest BCUT2D eigenvalue weighted by molar-refractivity contribution is 5.85. The average molecular weight is 367 g/mol. The lowest BCUT2D eigenvalue weighted by Gasteiger charge is -2.28. The number of hydrogen-bond donors (Lipinski definition) is 1. The Hall–Kier alpha value is -2.17. The predicted molar refractivity (Wildman–Crippen MR) is 106 cm³/mol. The smallest absolute Gasteiger partial charge is 0.347 e. The van der Waals surface area contributed by atoms with E-state index in [1.807, 2.05) is 36.4 Å². The lowest BCUT2D eigenvalue weighted by Crippen LogP contribution is -2.39. The summed E-state index contributed by atoms with van der Waals surface area (Å²) in [4.78, 5) is 15.4. The molecule has 0 aliphatic carbocycles. The van der Waals surface area contributed by atoms with Crippen molar-refractivity contribution in [2.24, 2.45) is 0 Å². The van der Waals surface area contributed by atoms with Gasteiger partial charge in [0.2, 0.25) is 5.60 Å². The highest BCUT2D eigenvalue weighted by Gasteiger charge is 2.41. The third kappa shape index (κ3) is 4.40. The van der Waals surface area contributed by atoms with E-state index in [-0.39, 0.29) is 0 Å². The van der Waals surface area contributed by atoms with Crippen molar-refractivity contribution in [1.82, 2.24) is 4.90 Å². The molecule has 4 heteroatoms. The maximum Gasteiger partial charge on any atom is 0.347 e. The monoisotopic (exact) mass is 367 g/mol. The average Bonchev–Trinajstić information content (AvgIpc) is 3.16. The molecule has 3 rings (SSSR count). The number of carbonyl (C=O) groups is 1. The minimum atomic E-state index is -1.79. The minimum Gasteiger partial charge on any atom is -0.463 e. The van der Waals surface area contributed by atoms with Gasteiger partial charge < -0.3 is 14.7 Å². The first-order valence-corrected chi connectivity index (χ1v) is 9.91. The highest BCUT2D eigenvalue weighted by atomic mass is 16.5. The molecule has 1 atom stereocenters. The lowest BCUT2D eigenvalue weighted by molar-refractivity contribution is -0.162. The van der Waals surface area contributed by atoms with Gasteiger partial charge in [0.05, 0.1) is 6.61 Å². The third-order valence-electron chi connectivity index (χ3n) is 5.37. The van der Waals surface area contributed by atoms with E-state index in [1.165, 1.54) is 6.42 Å². The van der Waals surface area contributed by atoms with Gasteiger partial charge in [-0.05, 0) is 49.9 Å². The molecular formula is C23H29NO3. The van der Waals surface area contributed by atoms with E-state index < -0.39 is 11.6 Å². The number of ether oxygens (including phenoxy) is 1. The lowest BCUT2D eigenvalue weighted by atomic mass is 9.86. The summed E-state index contributed by atoms with van der Waals surface area (Å²) in [5, 5.41) is 11.4. The largest absolute Gasteiger partial charge is 0.463 e. The molecule has 27 heavy (non-hydrogen) atoms. The standard InChI is InChI=1S/C23H29NO3/c1-2-16-24-17-9-14-21(24)15-18-27-22(25)23(26,19-10-5-3-6-11-19)20-12-7-4-8-13-20/h3-8,10-13,21,26H,2,9,14-18H2,1H3. The van der Waals surface area contributed by atoms with Crippen molar-refractivity contribution < 1.29 is 14.6 Å². The van der Waals surface area contributed by atoms with E-state index in [0.717, 1.165) is 32.4 Å². The Labute approximate surface area is 161 Å². The Morgan fingerprint density at radius 1 is 1.11 bits per heavy atom. The Bertz CT molecular complexity index is 677. The number of esters is 1. The molecule has 144 valence electrons. The SMILES string of the molecule is CCCN1CCCC1CCOC(=O)C(O)(c1ccccc1)c1ccccc1. The Balaban J connectivity index is 1.71. The van der Waals surface area contributed by atoms with Crippen LogP contribution >= 0.6 is 0 Å². The van der Waals surface area contributed by atoms with E-state index >= 15 is 0 Å². The van der Waals surface area contributed by atoms with E-state index in [4.69, 9.17) is 4.74 Å². The normalized spacial score (nSPS) is 17.8. The summed E-state index contributed by atoms with van der Waals surface area (Å²) < 4.78 is 5.59. The second-order valence-electron chi connectivity index (χ2n) is 7.20. The van der Waals surface area contributed by atoms with Gasteiger partial charge in [-0.15, -0.1) is 0 Å². The fourth-order valence-electron chi connectivity index (χ4n) is 3.96. The van der Waals surface area contributed by atoms with E-state index in [0.29, 0.717) is 23.8 Å². The van der Waals surface area contributed by atoms with Crippen molar-refractivity contribution in [3.63, 3.8) is 0 Å². The fraction of sp³-hybridized carbons (Fsp3) is 0.435. The molecule has 1 unspecified atom stereocenters. The topological polar surface area (TPSA) is 49.8 Å². The molecule has 1 saturated heterocycles. The van der Waals surface area contributed by atoms with E-state index in [2.05, 4.69) is 11.8 Å². The maximum absolute atomic E-state index is 13.0. The predicted octanol–water partition coefficient (Wildman–Crippen LogP) is 3.73. The summed E-state index contributed by atoms with van der Waals surface area (Å²) in [6.45, 7) is 4.74. The highest BCUT2D eigenvalue weighted by Crippen LogP contribution is 2.31. The number of hydrogen-bond acceptors (Lipinski definition) is 4. The quantitative estimate of drug-likeness (QED) is 0.722. The van der Waals surface area contributed by atoms with Crippen LogP contribution in [0, 0.1) is 0 Å². The first-order chi connectivity index (χ1) is 13.2. The molecule has 4 nitrogen and oxygen atoms in total. The van der Waals surface area contributed by atoms with E-state index in [9.17, 15) is 9.90 Å². The molecule has 2 aromatic rings. The van der Waals surface area contributed by atoms with Crippen LogP contribution in [0.25, 0.3) is 0 Å². The minimum absolute atomic E-state index is 0.325. The molecule has 0 aromatic heterocycles. The second kappa shape index (κ2) is 9.16. The summed E-state index contributed by atoms with van der Waals surface area (Å²) in [7, 11) is 0. The van der Waals surface area contributed by atoms with Crippen LogP contribution < -0.4 is 0 Å². The summed E-state index contributed by atoms with van der Waals surface area (Å²) >= 11 is 0. The molecule has 1 N–H and O–H groups in total. The van der Waals surface area contributed by atoms with Gasteiger partial charge >= 0.3 is 5.97 Å². The van der Waals surface area contributed by atoms with Crippen LogP contribution in [-0.2, 0) is 15.1 Å². The van der Waals surface area contributed by atoms with Crippen molar-refractivity contribution in [1.29, 1.82) is 0 Å². The molecule has 0 radical (unpaired) electrons. The van der Waals surface area contributed by atoms with Gasteiger partial charge in [-0.2, -0.15) is 0 Å². The zero-order valence-electron chi connectivity index (χ0n) is 16.0. The number of benzene rings is 2. The maximum atomic E-state index is 13.0. The van der Waals surface area contributed by atoms with Crippen LogP contribution in [0.3, 0.4) is 0 Å². The number of rotatable bonds is 8. The Kier molecular flexibility index (Phi) is 6.64. The molecule has 1 fully saturated rings. The van der Waals surface area contributed by atoms with Crippen molar-refractivity contribution in [3.05, 3.63) is 71.8 Å². The first kappa shape index (κ1) is 19.6. The van der Waals surface area contributed by atoms with Gasteiger partial charge in [0.1, 0.15) is 0 Å². The van der Waals surface area contributed by atoms with Crippen LogP contribution in [0.4, 0.5) is 0 Å². The molecule has 1 aliphatic rings. The third-order valence-corrected chi connectivity index (χ3v) is 5.37.